The summed E-state index contributed by atoms with van der Waals surface area (Å²) in [5.74, 6) is 0. The molecule has 0 bridgehead atoms. The van der Waals surface area contributed by atoms with Gasteiger partial charge in [0.05, 0.1) is 16.7 Å². The molecule has 1 fully saturated rings. The maximum absolute atomic E-state index is 10.5. The molecule has 0 atom stereocenters. The van der Waals surface area contributed by atoms with E-state index >= 15 is 0 Å². The quantitative estimate of drug-likeness (QED) is 0.655. The number of rotatable bonds is 2. The summed E-state index contributed by atoms with van der Waals surface area (Å²) in [4.78, 5) is 12.0. The molecule has 2 rings (SSSR count). The van der Waals surface area contributed by atoms with Gasteiger partial charge in [-0.15, -0.1) is 0 Å². The van der Waals surface area contributed by atoms with Crippen molar-refractivity contribution in [2.75, 3.05) is 18.0 Å². The molecule has 6 heteroatoms. The molecular formula is C9H9BrN2O3. The molecule has 80 valence electrons. The number of nitro groups is 1. The van der Waals surface area contributed by atoms with Gasteiger partial charge in [0, 0.05) is 29.7 Å². The standard InChI is InChI=1S/C9H9BrN2O3/c10-8-3-6(12(14)15)1-2-9(8)11-4-7(13)5-11/h1-3,7,13H,4-5H2. The molecule has 0 unspecified atom stereocenters. The van der Waals surface area contributed by atoms with Crippen LogP contribution in [0.3, 0.4) is 0 Å². The Hall–Kier alpha value is -1.14. The first-order valence-electron chi connectivity index (χ1n) is 4.45. The lowest BCUT2D eigenvalue weighted by Crippen LogP contribution is -2.50. The number of hydrogen-bond acceptors (Lipinski definition) is 4. The number of halogens is 1. The normalized spacial score (nSPS) is 16.3. The number of non-ortho nitro benzene ring substituents is 1. The number of aliphatic hydroxyl groups is 1. The summed E-state index contributed by atoms with van der Waals surface area (Å²) >= 11 is 3.28. The summed E-state index contributed by atoms with van der Waals surface area (Å²) in [5, 5.41) is 19.6. The molecule has 0 radical (unpaired) electrons. The molecule has 1 saturated heterocycles. The minimum atomic E-state index is -0.431. The van der Waals surface area contributed by atoms with Crippen molar-refractivity contribution < 1.29 is 10.0 Å². The predicted molar refractivity (Wildman–Crippen MR) is 59.0 cm³/mol. The molecule has 1 aliphatic rings. The van der Waals surface area contributed by atoms with E-state index in [1.165, 1.54) is 12.1 Å². The van der Waals surface area contributed by atoms with Crippen LogP contribution in [0.25, 0.3) is 0 Å². The van der Waals surface area contributed by atoms with Crippen LogP contribution in [0, 0.1) is 10.1 Å². The second kappa shape index (κ2) is 3.79. The van der Waals surface area contributed by atoms with Crippen molar-refractivity contribution in [3.8, 4) is 0 Å². The third-order valence-corrected chi connectivity index (χ3v) is 2.98. The van der Waals surface area contributed by atoms with E-state index in [0.29, 0.717) is 17.6 Å². The Bertz CT molecular complexity index is 404. The average Bonchev–Trinajstić information content (AvgIpc) is 2.13. The Morgan fingerprint density at radius 3 is 2.67 bits per heavy atom. The molecule has 15 heavy (non-hydrogen) atoms. The van der Waals surface area contributed by atoms with Gasteiger partial charge in [0.1, 0.15) is 0 Å². The average molecular weight is 273 g/mol. The van der Waals surface area contributed by atoms with Crippen LogP contribution in [0.4, 0.5) is 11.4 Å². The number of β-amino-alcohol motifs (C(OH)–C–C–N with tert-alkyl or cyclic N) is 1. The Morgan fingerprint density at radius 2 is 2.20 bits per heavy atom. The number of hydrogen-bond donors (Lipinski definition) is 1. The molecule has 0 spiro atoms. The second-order valence-electron chi connectivity index (χ2n) is 3.45. The lowest BCUT2D eigenvalue weighted by molar-refractivity contribution is -0.384. The molecule has 1 aromatic carbocycles. The van der Waals surface area contributed by atoms with E-state index in [1.54, 1.807) is 6.07 Å². The van der Waals surface area contributed by atoms with E-state index in [0.717, 1.165) is 5.69 Å². The Labute approximate surface area is 94.6 Å². The molecule has 0 saturated carbocycles. The lowest BCUT2D eigenvalue weighted by atomic mass is 10.1. The SMILES string of the molecule is O=[N+]([O-])c1ccc(N2CC(O)C2)c(Br)c1. The number of aliphatic hydroxyl groups excluding tert-OH is 1. The van der Waals surface area contributed by atoms with Crippen molar-refractivity contribution in [2.24, 2.45) is 0 Å². The number of anilines is 1. The molecule has 0 aliphatic carbocycles. The summed E-state index contributed by atoms with van der Waals surface area (Å²) in [7, 11) is 0. The first-order chi connectivity index (χ1) is 7.08. The second-order valence-corrected chi connectivity index (χ2v) is 4.31. The topological polar surface area (TPSA) is 66.6 Å². The van der Waals surface area contributed by atoms with Crippen molar-refractivity contribution in [1.29, 1.82) is 0 Å². The number of nitro benzene ring substituents is 1. The van der Waals surface area contributed by atoms with E-state index in [-0.39, 0.29) is 11.8 Å². The minimum absolute atomic E-state index is 0.0618. The zero-order valence-electron chi connectivity index (χ0n) is 7.76. The summed E-state index contributed by atoms with van der Waals surface area (Å²) in [5.41, 5.74) is 0.942. The first kappa shape index (κ1) is 10.4. The maximum atomic E-state index is 10.5. The predicted octanol–water partition coefficient (Wildman–Crippen LogP) is 1.54. The van der Waals surface area contributed by atoms with Crippen LogP contribution in [-0.2, 0) is 0 Å². The van der Waals surface area contributed by atoms with Crippen LogP contribution in [0.5, 0.6) is 0 Å². The summed E-state index contributed by atoms with van der Waals surface area (Å²) in [6, 6.07) is 4.62. The monoisotopic (exact) mass is 272 g/mol. The van der Waals surface area contributed by atoms with Gasteiger partial charge in [0.25, 0.3) is 5.69 Å². The van der Waals surface area contributed by atoms with Crippen molar-refractivity contribution in [3.63, 3.8) is 0 Å². The smallest absolute Gasteiger partial charge is 0.270 e. The molecule has 1 heterocycles. The van der Waals surface area contributed by atoms with E-state index < -0.39 is 4.92 Å². The fourth-order valence-electron chi connectivity index (χ4n) is 1.52. The van der Waals surface area contributed by atoms with Crippen LogP contribution in [-0.4, -0.2) is 29.2 Å². The minimum Gasteiger partial charge on any atom is -0.389 e. The summed E-state index contributed by atoms with van der Waals surface area (Å²) < 4.78 is 0.684. The fourth-order valence-corrected chi connectivity index (χ4v) is 2.14. The largest absolute Gasteiger partial charge is 0.389 e. The fraction of sp³-hybridized carbons (Fsp3) is 0.333. The third-order valence-electron chi connectivity index (χ3n) is 2.35. The molecule has 0 amide bonds. The zero-order valence-corrected chi connectivity index (χ0v) is 9.35. The van der Waals surface area contributed by atoms with Crippen molar-refractivity contribution in [1.82, 2.24) is 0 Å². The number of benzene rings is 1. The van der Waals surface area contributed by atoms with E-state index in [1.807, 2.05) is 4.90 Å². The molecule has 1 aliphatic heterocycles. The van der Waals surface area contributed by atoms with E-state index in [9.17, 15) is 10.1 Å². The van der Waals surface area contributed by atoms with Gasteiger partial charge in [-0.25, -0.2) is 0 Å². The van der Waals surface area contributed by atoms with Gasteiger partial charge >= 0.3 is 0 Å². The van der Waals surface area contributed by atoms with Gasteiger partial charge in [-0.1, -0.05) is 0 Å². The van der Waals surface area contributed by atoms with Crippen LogP contribution in [0.15, 0.2) is 22.7 Å². The summed E-state index contributed by atoms with van der Waals surface area (Å²) in [6.07, 6.45) is -0.285. The van der Waals surface area contributed by atoms with Crippen molar-refractivity contribution >= 4 is 27.3 Å². The van der Waals surface area contributed by atoms with Gasteiger partial charge in [0.2, 0.25) is 0 Å². The first-order valence-corrected chi connectivity index (χ1v) is 5.24. The van der Waals surface area contributed by atoms with Crippen LogP contribution < -0.4 is 4.90 Å². The summed E-state index contributed by atoms with van der Waals surface area (Å²) in [6.45, 7) is 1.16. The van der Waals surface area contributed by atoms with Crippen LogP contribution in [0.2, 0.25) is 0 Å². The highest BCUT2D eigenvalue weighted by Gasteiger charge is 2.26. The Kier molecular flexibility index (Phi) is 2.62. The van der Waals surface area contributed by atoms with Gasteiger partial charge in [-0.2, -0.15) is 0 Å². The van der Waals surface area contributed by atoms with E-state index in [2.05, 4.69) is 15.9 Å². The van der Waals surface area contributed by atoms with Crippen molar-refractivity contribution in [2.45, 2.75) is 6.10 Å². The highest BCUT2D eigenvalue weighted by molar-refractivity contribution is 9.10. The van der Waals surface area contributed by atoms with Gasteiger partial charge in [-0.3, -0.25) is 10.1 Å². The molecule has 1 N–H and O–H groups in total. The zero-order chi connectivity index (χ0) is 11.0. The number of nitrogens with zero attached hydrogens (tertiary/aromatic N) is 2. The molecule has 0 aromatic heterocycles. The van der Waals surface area contributed by atoms with Crippen LogP contribution in [0.1, 0.15) is 0 Å². The highest BCUT2D eigenvalue weighted by atomic mass is 79.9. The molecular weight excluding hydrogens is 264 g/mol. The highest BCUT2D eigenvalue weighted by Crippen LogP contribution is 2.32. The Balaban J connectivity index is 2.23. The third kappa shape index (κ3) is 1.95. The lowest BCUT2D eigenvalue weighted by Gasteiger charge is -2.38. The maximum Gasteiger partial charge on any atom is 0.270 e. The van der Waals surface area contributed by atoms with Crippen LogP contribution >= 0.6 is 15.9 Å². The van der Waals surface area contributed by atoms with Gasteiger partial charge in [0.15, 0.2) is 0 Å². The molecule has 5 nitrogen and oxygen atoms in total. The van der Waals surface area contributed by atoms with Gasteiger partial charge < -0.3 is 10.0 Å². The van der Waals surface area contributed by atoms with Crippen molar-refractivity contribution in [3.05, 3.63) is 32.8 Å². The molecule has 1 aromatic rings. The van der Waals surface area contributed by atoms with Gasteiger partial charge in [-0.05, 0) is 22.0 Å². The van der Waals surface area contributed by atoms with E-state index in [4.69, 9.17) is 5.11 Å². The Morgan fingerprint density at radius 1 is 1.53 bits per heavy atom.